The summed E-state index contributed by atoms with van der Waals surface area (Å²) in [4.78, 5) is 4.34. The molecule has 2 aromatic carbocycles. The number of aromatic nitrogens is 2. The Hall–Kier alpha value is -3.06. The first-order valence-corrected chi connectivity index (χ1v) is 8.64. The summed E-state index contributed by atoms with van der Waals surface area (Å²) in [6.45, 7) is 0.782. The molecule has 2 heterocycles. The van der Waals surface area contributed by atoms with Crippen molar-refractivity contribution in [1.82, 2.24) is 9.55 Å². The molecule has 4 rings (SSSR count). The summed E-state index contributed by atoms with van der Waals surface area (Å²) in [5.41, 5.74) is 5.78. The minimum absolute atomic E-state index is 0.436. The van der Waals surface area contributed by atoms with Crippen LogP contribution in [0.5, 0.6) is 0 Å². The lowest BCUT2D eigenvalue weighted by atomic mass is 9.95. The van der Waals surface area contributed by atoms with Gasteiger partial charge in [-0.2, -0.15) is 5.26 Å². The lowest BCUT2D eigenvalue weighted by Gasteiger charge is -2.27. The van der Waals surface area contributed by atoms with E-state index in [9.17, 15) is 0 Å². The van der Waals surface area contributed by atoms with Crippen LogP contribution in [0, 0.1) is 11.3 Å². The lowest BCUT2D eigenvalue weighted by molar-refractivity contribution is 0.600. The van der Waals surface area contributed by atoms with Crippen molar-refractivity contribution in [3.8, 4) is 6.07 Å². The third-order valence-electron chi connectivity index (χ3n) is 4.83. The van der Waals surface area contributed by atoms with E-state index >= 15 is 0 Å². The van der Waals surface area contributed by atoms with Gasteiger partial charge in [-0.1, -0.05) is 30.3 Å². The molecule has 1 aliphatic heterocycles. The van der Waals surface area contributed by atoms with E-state index in [0.29, 0.717) is 11.6 Å². The van der Waals surface area contributed by atoms with E-state index in [-0.39, 0.29) is 0 Å². The highest BCUT2D eigenvalue weighted by Crippen LogP contribution is 2.26. The van der Waals surface area contributed by atoms with Gasteiger partial charge in [-0.25, -0.2) is 4.98 Å². The number of para-hydroxylation sites is 1. The van der Waals surface area contributed by atoms with Gasteiger partial charge in [0.25, 0.3) is 0 Å². The van der Waals surface area contributed by atoms with Crippen molar-refractivity contribution in [3.63, 3.8) is 0 Å². The quantitative estimate of drug-likeness (QED) is 0.793. The molecule has 0 fully saturated rings. The van der Waals surface area contributed by atoms with Crippen LogP contribution in [0.2, 0.25) is 0 Å². The maximum Gasteiger partial charge on any atom is 0.0991 e. The molecule has 1 atom stereocenters. The molecule has 0 spiro atoms. The van der Waals surface area contributed by atoms with Crippen molar-refractivity contribution >= 4 is 5.69 Å². The van der Waals surface area contributed by atoms with E-state index in [1.54, 1.807) is 0 Å². The Bertz CT molecular complexity index is 902. The highest BCUT2D eigenvalue weighted by molar-refractivity contribution is 5.53. The second-order valence-corrected chi connectivity index (χ2v) is 6.56. The van der Waals surface area contributed by atoms with Gasteiger partial charge in [0.1, 0.15) is 0 Å². The van der Waals surface area contributed by atoms with Crippen LogP contribution in [0.15, 0.2) is 61.1 Å². The van der Waals surface area contributed by atoms with Crippen LogP contribution >= 0.6 is 0 Å². The smallest absolute Gasteiger partial charge is 0.0991 e. The van der Waals surface area contributed by atoms with Crippen LogP contribution in [0.4, 0.5) is 5.69 Å². The molecule has 0 bridgehead atoms. The maximum atomic E-state index is 8.91. The molecule has 0 radical (unpaired) electrons. The van der Waals surface area contributed by atoms with Crippen molar-refractivity contribution in [2.75, 3.05) is 5.32 Å². The third kappa shape index (κ3) is 3.41. The van der Waals surface area contributed by atoms with E-state index < -0.39 is 0 Å². The Morgan fingerprint density at radius 1 is 1.16 bits per heavy atom. The van der Waals surface area contributed by atoms with Crippen molar-refractivity contribution in [1.29, 1.82) is 5.26 Å². The molecule has 1 N–H and O–H groups in total. The molecule has 4 nitrogen and oxygen atoms in total. The number of hydrogen-bond donors (Lipinski definition) is 1. The van der Waals surface area contributed by atoms with Gasteiger partial charge in [-0.05, 0) is 42.2 Å². The summed E-state index contributed by atoms with van der Waals surface area (Å²) >= 11 is 0. The van der Waals surface area contributed by atoms with Crippen molar-refractivity contribution in [2.24, 2.45) is 0 Å². The number of benzene rings is 2. The third-order valence-corrected chi connectivity index (χ3v) is 4.83. The van der Waals surface area contributed by atoms with Crippen LogP contribution in [0.1, 0.15) is 28.8 Å². The molecular formula is C21H20N4. The first kappa shape index (κ1) is 15.5. The van der Waals surface area contributed by atoms with E-state index in [2.05, 4.69) is 45.2 Å². The zero-order valence-corrected chi connectivity index (χ0v) is 14.0. The Kier molecular flexibility index (Phi) is 4.22. The molecule has 4 heteroatoms. The van der Waals surface area contributed by atoms with Crippen molar-refractivity contribution < 1.29 is 0 Å². The predicted octanol–water partition coefficient (Wildman–Crippen LogP) is 3.77. The summed E-state index contributed by atoms with van der Waals surface area (Å²) in [5.74, 6) is 0. The van der Waals surface area contributed by atoms with Gasteiger partial charge in [0, 0.05) is 36.6 Å². The number of imidazole rings is 1. The summed E-state index contributed by atoms with van der Waals surface area (Å²) in [6.07, 6.45) is 7.08. The molecule has 1 aromatic heterocycles. The van der Waals surface area contributed by atoms with E-state index in [4.69, 9.17) is 5.26 Å². The van der Waals surface area contributed by atoms with Crippen LogP contribution in [-0.4, -0.2) is 15.6 Å². The number of fused-ring (bicyclic) bond motifs is 1. The maximum absolute atomic E-state index is 8.91. The highest BCUT2D eigenvalue weighted by atomic mass is 15.1. The summed E-state index contributed by atoms with van der Waals surface area (Å²) in [7, 11) is 0. The van der Waals surface area contributed by atoms with Gasteiger partial charge in [-0.15, -0.1) is 0 Å². The van der Waals surface area contributed by atoms with Crippen LogP contribution in [0.3, 0.4) is 0 Å². The van der Waals surface area contributed by atoms with Gasteiger partial charge < -0.3 is 9.88 Å². The number of rotatable bonds is 4. The minimum Gasteiger partial charge on any atom is -0.382 e. The standard InChI is InChI=1S/C21H20N4/c22-12-16-5-7-17(8-6-16)14-25-15-23-13-20(25)11-19-10-9-18-3-1-2-4-21(18)24-19/h1-8,13,15,19,24H,9-11,14H2. The number of aryl methyl sites for hydroxylation is 1. The Morgan fingerprint density at radius 2 is 2.00 bits per heavy atom. The molecule has 0 aliphatic carbocycles. The molecule has 0 saturated carbocycles. The number of nitriles is 1. The van der Waals surface area contributed by atoms with Crippen molar-refractivity contribution in [3.05, 3.63) is 83.4 Å². The van der Waals surface area contributed by atoms with Crippen LogP contribution in [0.25, 0.3) is 0 Å². The number of anilines is 1. The summed E-state index contributed by atoms with van der Waals surface area (Å²) < 4.78 is 2.20. The normalized spacial score (nSPS) is 15.9. The SMILES string of the molecule is N#Cc1ccc(Cn2cncc2CC2CCc3ccccc3N2)cc1. The molecule has 0 saturated heterocycles. The molecular weight excluding hydrogens is 308 g/mol. The lowest BCUT2D eigenvalue weighted by Crippen LogP contribution is -2.28. The second kappa shape index (κ2) is 6.82. The Morgan fingerprint density at radius 3 is 2.84 bits per heavy atom. The average molecular weight is 328 g/mol. The first-order chi connectivity index (χ1) is 12.3. The molecule has 25 heavy (non-hydrogen) atoms. The number of nitrogens with one attached hydrogen (secondary N) is 1. The van der Waals surface area contributed by atoms with Gasteiger partial charge in [0.2, 0.25) is 0 Å². The zero-order valence-electron chi connectivity index (χ0n) is 14.0. The largest absolute Gasteiger partial charge is 0.382 e. The minimum atomic E-state index is 0.436. The Labute approximate surface area is 147 Å². The van der Waals surface area contributed by atoms with Gasteiger partial charge in [0.05, 0.1) is 18.0 Å². The number of hydrogen-bond acceptors (Lipinski definition) is 3. The van der Waals surface area contributed by atoms with Gasteiger partial charge in [-0.3, -0.25) is 0 Å². The van der Waals surface area contributed by atoms with Gasteiger partial charge >= 0.3 is 0 Å². The fourth-order valence-corrected chi connectivity index (χ4v) is 3.45. The average Bonchev–Trinajstić information content (AvgIpc) is 3.09. The van der Waals surface area contributed by atoms with Crippen LogP contribution in [-0.2, 0) is 19.4 Å². The van der Waals surface area contributed by atoms with E-state index in [1.807, 2.05) is 36.8 Å². The predicted molar refractivity (Wildman–Crippen MR) is 98.4 cm³/mol. The van der Waals surface area contributed by atoms with E-state index in [1.165, 1.54) is 22.5 Å². The fraction of sp³-hybridized carbons (Fsp3) is 0.238. The number of nitrogens with zero attached hydrogens (tertiary/aromatic N) is 3. The second-order valence-electron chi connectivity index (χ2n) is 6.56. The van der Waals surface area contributed by atoms with Gasteiger partial charge in [0.15, 0.2) is 0 Å². The molecule has 1 unspecified atom stereocenters. The molecule has 3 aromatic rings. The first-order valence-electron chi connectivity index (χ1n) is 8.64. The topological polar surface area (TPSA) is 53.6 Å². The van der Waals surface area contributed by atoms with Crippen molar-refractivity contribution in [2.45, 2.75) is 31.8 Å². The zero-order chi connectivity index (χ0) is 17.1. The summed E-state index contributed by atoms with van der Waals surface area (Å²) in [6, 6.07) is 18.9. The molecule has 1 aliphatic rings. The molecule has 124 valence electrons. The van der Waals surface area contributed by atoms with E-state index in [0.717, 1.165) is 25.8 Å². The molecule has 0 amide bonds. The summed E-state index contributed by atoms with van der Waals surface area (Å²) in [5, 5.41) is 12.6. The highest BCUT2D eigenvalue weighted by Gasteiger charge is 2.19. The monoisotopic (exact) mass is 328 g/mol. The fourth-order valence-electron chi connectivity index (χ4n) is 3.45. The van der Waals surface area contributed by atoms with Crippen LogP contribution < -0.4 is 5.32 Å². The Balaban J connectivity index is 1.46.